The monoisotopic (exact) mass is 377 g/mol. The van der Waals surface area contributed by atoms with E-state index in [0.717, 1.165) is 5.69 Å². The molecule has 0 aromatic heterocycles. The van der Waals surface area contributed by atoms with Crippen LogP contribution in [0.1, 0.15) is 6.42 Å². The number of carbonyl (C=O) groups is 1. The van der Waals surface area contributed by atoms with Gasteiger partial charge in [0.15, 0.2) is 0 Å². The lowest BCUT2D eigenvalue weighted by molar-refractivity contribution is -0.117. The van der Waals surface area contributed by atoms with E-state index in [9.17, 15) is 13.2 Å². The van der Waals surface area contributed by atoms with Gasteiger partial charge in [-0.15, -0.1) is 0 Å². The van der Waals surface area contributed by atoms with Gasteiger partial charge in [0, 0.05) is 35.3 Å². The fraction of sp³-hybridized carbons (Fsp3) is 0.235. The van der Waals surface area contributed by atoms with E-state index in [1.165, 1.54) is 0 Å². The van der Waals surface area contributed by atoms with Crippen LogP contribution in [-0.4, -0.2) is 26.6 Å². The number of rotatable bonds is 5. The Morgan fingerprint density at radius 2 is 1.60 bits per heavy atom. The lowest BCUT2D eigenvalue weighted by Gasteiger charge is -2.16. The van der Waals surface area contributed by atoms with Crippen molar-refractivity contribution in [2.24, 2.45) is 16.1 Å². The van der Waals surface area contributed by atoms with Crippen LogP contribution in [0.25, 0.3) is 0 Å². The third kappa shape index (κ3) is 4.87. The molecule has 1 saturated heterocycles. The summed E-state index contributed by atoms with van der Waals surface area (Å²) in [6, 6.07) is 16.5. The molecule has 3 rings (SSSR count). The molecule has 1 amide bonds. The summed E-state index contributed by atoms with van der Waals surface area (Å²) in [5.74, 6) is -0.586. The van der Waals surface area contributed by atoms with Gasteiger partial charge in [0.25, 0.3) is 0 Å². The summed E-state index contributed by atoms with van der Waals surface area (Å²) in [6.07, 6.45) is 0.182. The zero-order valence-corrected chi connectivity index (χ0v) is 14.8. The summed E-state index contributed by atoms with van der Waals surface area (Å²) in [5, 5.41) is 8.29. The van der Waals surface area contributed by atoms with Gasteiger partial charge < -0.3 is 4.90 Å². The van der Waals surface area contributed by atoms with Crippen LogP contribution >= 0.6 is 10.7 Å². The van der Waals surface area contributed by atoms with Gasteiger partial charge in [-0.05, 0) is 36.4 Å². The Hall–Kier alpha value is -2.25. The van der Waals surface area contributed by atoms with Gasteiger partial charge >= 0.3 is 0 Å². The number of benzene rings is 2. The van der Waals surface area contributed by atoms with Crippen LogP contribution in [-0.2, 0) is 13.8 Å². The molecule has 0 saturated carbocycles. The highest BCUT2D eigenvalue weighted by Gasteiger charge is 2.33. The number of nitrogens with zero attached hydrogens (tertiary/aromatic N) is 3. The Bertz CT molecular complexity index is 883. The molecule has 0 radical (unpaired) electrons. The number of hydrogen-bond donors (Lipinski definition) is 0. The van der Waals surface area contributed by atoms with Crippen LogP contribution < -0.4 is 4.90 Å². The predicted octanol–water partition coefficient (Wildman–Crippen LogP) is 4.02. The molecule has 1 fully saturated rings. The number of carbonyl (C=O) groups excluding carboxylic acids is 1. The van der Waals surface area contributed by atoms with Gasteiger partial charge in [0.1, 0.15) is 0 Å². The maximum Gasteiger partial charge on any atom is 0.232 e. The summed E-state index contributed by atoms with van der Waals surface area (Å²) < 4.78 is 22.4. The Kier molecular flexibility index (Phi) is 5.15. The molecule has 1 unspecified atom stereocenters. The molecule has 1 atom stereocenters. The van der Waals surface area contributed by atoms with E-state index >= 15 is 0 Å². The van der Waals surface area contributed by atoms with E-state index < -0.39 is 9.05 Å². The second kappa shape index (κ2) is 7.33. The average molecular weight is 378 g/mol. The molecule has 2 aromatic carbocycles. The molecule has 1 aliphatic rings. The molecule has 2 aromatic rings. The summed E-state index contributed by atoms with van der Waals surface area (Å²) in [5.41, 5.74) is 2.13. The minimum atomic E-state index is -3.61. The zero-order chi connectivity index (χ0) is 17.9. The first kappa shape index (κ1) is 17.6. The van der Waals surface area contributed by atoms with Gasteiger partial charge in [0.2, 0.25) is 15.0 Å². The quantitative estimate of drug-likeness (QED) is 0.583. The second-order valence-corrected chi connectivity index (χ2v) is 8.65. The summed E-state index contributed by atoms with van der Waals surface area (Å²) in [7, 11) is 1.67. The highest BCUT2D eigenvalue weighted by molar-refractivity contribution is 8.13. The van der Waals surface area contributed by atoms with Gasteiger partial charge in [-0.2, -0.15) is 10.2 Å². The van der Waals surface area contributed by atoms with E-state index in [1.807, 2.05) is 30.3 Å². The first-order valence-corrected chi connectivity index (χ1v) is 10.2. The Balaban J connectivity index is 1.68. The lowest BCUT2D eigenvalue weighted by Crippen LogP contribution is -2.25. The number of azo groups is 1. The largest absolute Gasteiger partial charge is 0.312 e. The molecule has 0 bridgehead atoms. The molecule has 8 heteroatoms. The fourth-order valence-electron chi connectivity index (χ4n) is 2.73. The number of halogens is 1. The molecule has 0 spiro atoms. The van der Waals surface area contributed by atoms with Crippen molar-refractivity contribution in [3.05, 3.63) is 54.6 Å². The van der Waals surface area contributed by atoms with Crippen molar-refractivity contribution in [3.8, 4) is 0 Å². The Morgan fingerprint density at radius 3 is 2.20 bits per heavy atom. The van der Waals surface area contributed by atoms with Crippen molar-refractivity contribution < 1.29 is 13.2 Å². The summed E-state index contributed by atoms with van der Waals surface area (Å²) in [6.45, 7) is 0.343. The highest BCUT2D eigenvalue weighted by atomic mass is 35.7. The third-order valence-electron chi connectivity index (χ3n) is 3.84. The van der Waals surface area contributed by atoms with Gasteiger partial charge in [-0.25, -0.2) is 8.42 Å². The van der Waals surface area contributed by atoms with Crippen molar-refractivity contribution in [1.82, 2.24) is 0 Å². The molecule has 1 aliphatic heterocycles. The van der Waals surface area contributed by atoms with Gasteiger partial charge in [0.05, 0.1) is 17.1 Å². The van der Waals surface area contributed by atoms with Crippen molar-refractivity contribution in [2.45, 2.75) is 6.42 Å². The van der Waals surface area contributed by atoms with Gasteiger partial charge in [-0.1, -0.05) is 18.2 Å². The molecule has 25 heavy (non-hydrogen) atoms. The number of hydrogen-bond acceptors (Lipinski definition) is 5. The second-order valence-electron chi connectivity index (χ2n) is 5.83. The van der Waals surface area contributed by atoms with Crippen LogP contribution in [0, 0.1) is 5.92 Å². The molecular formula is C17H16ClN3O3S. The SMILES string of the molecule is O=C1CC(CS(=O)(=O)Cl)CN1c1ccc(N=Nc2ccccc2)cc1. The minimum Gasteiger partial charge on any atom is -0.312 e. The van der Waals surface area contributed by atoms with Crippen molar-refractivity contribution in [3.63, 3.8) is 0 Å². The van der Waals surface area contributed by atoms with Crippen LogP contribution in [0.3, 0.4) is 0 Å². The molecule has 0 N–H and O–H groups in total. The van der Waals surface area contributed by atoms with E-state index in [2.05, 4.69) is 10.2 Å². The molecule has 6 nitrogen and oxygen atoms in total. The normalized spacial score (nSPS) is 18.2. The van der Waals surface area contributed by atoms with Crippen LogP contribution in [0.15, 0.2) is 64.8 Å². The molecule has 0 aliphatic carbocycles. The van der Waals surface area contributed by atoms with Crippen LogP contribution in [0.2, 0.25) is 0 Å². The smallest absolute Gasteiger partial charge is 0.232 e. The maximum absolute atomic E-state index is 12.1. The summed E-state index contributed by atoms with van der Waals surface area (Å²) in [4.78, 5) is 13.7. The Labute approximate surface area is 150 Å². The number of anilines is 1. The fourth-order valence-corrected chi connectivity index (χ4v) is 4.05. The predicted molar refractivity (Wildman–Crippen MR) is 97.2 cm³/mol. The van der Waals surface area contributed by atoms with E-state index in [-0.39, 0.29) is 24.0 Å². The average Bonchev–Trinajstić information content (AvgIpc) is 2.93. The summed E-state index contributed by atoms with van der Waals surface area (Å²) >= 11 is 0. The molecular weight excluding hydrogens is 362 g/mol. The standard InChI is InChI=1S/C17H16ClN3O3S/c18-25(23,24)12-13-10-17(22)21(11-13)16-8-6-15(7-9-16)20-19-14-4-2-1-3-5-14/h1-9,13H,10-12H2. The van der Waals surface area contributed by atoms with Crippen molar-refractivity contribution in [1.29, 1.82) is 0 Å². The molecule has 1 heterocycles. The minimum absolute atomic E-state index is 0.107. The van der Waals surface area contributed by atoms with Gasteiger partial charge in [-0.3, -0.25) is 4.79 Å². The van der Waals surface area contributed by atoms with Crippen molar-refractivity contribution >= 4 is 42.7 Å². The molecule has 130 valence electrons. The van der Waals surface area contributed by atoms with E-state index in [0.29, 0.717) is 17.9 Å². The maximum atomic E-state index is 12.1. The Morgan fingerprint density at radius 1 is 1.00 bits per heavy atom. The van der Waals surface area contributed by atoms with Crippen LogP contribution in [0.5, 0.6) is 0 Å². The zero-order valence-electron chi connectivity index (χ0n) is 13.2. The van der Waals surface area contributed by atoms with E-state index in [4.69, 9.17) is 10.7 Å². The lowest BCUT2D eigenvalue weighted by atomic mass is 10.1. The van der Waals surface area contributed by atoms with E-state index in [1.54, 1.807) is 29.2 Å². The third-order valence-corrected chi connectivity index (χ3v) is 5.09. The number of amides is 1. The topological polar surface area (TPSA) is 79.2 Å². The first-order valence-electron chi connectivity index (χ1n) is 7.70. The van der Waals surface area contributed by atoms with Crippen molar-refractivity contribution in [2.75, 3.05) is 17.2 Å². The first-order chi connectivity index (χ1) is 11.9. The highest BCUT2D eigenvalue weighted by Crippen LogP contribution is 2.28. The van der Waals surface area contributed by atoms with Crippen LogP contribution in [0.4, 0.5) is 17.1 Å².